The van der Waals surface area contributed by atoms with Gasteiger partial charge in [0.25, 0.3) is 0 Å². The Morgan fingerprint density at radius 1 is 1.21 bits per heavy atom. The Hall–Kier alpha value is -2.44. The van der Waals surface area contributed by atoms with E-state index in [0.29, 0.717) is 32.6 Å². The number of carbonyl (C=O) groups is 1. The first-order chi connectivity index (χ1) is 13.7. The number of aryl methyl sites for hydroxylation is 1. The van der Waals surface area contributed by atoms with Crippen molar-refractivity contribution in [2.45, 2.75) is 18.9 Å². The van der Waals surface area contributed by atoms with Crippen molar-refractivity contribution in [3.8, 4) is 5.75 Å². The van der Waals surface area contributed by atoms with Crippen LogP contribution in [0.5, 0.6) is 5.75 Å². The fourth-order valence-corrected chi connectivity index (χ4v) is 3.44. The Labute approximate surface area is 165 Å². The van der Waals surface area contributed by atoms with Gasteiger partial charge in [-0.2, -0.15) is 0 Å². The third-order valence-electron chi connectivity index (χ3n) is 5.02. The number of nitrogens with zero attached hydrogens (tertiary/aromatic N) is 1. The number of carbonyl (C=O) groups excluding carboxylic acids is 1. The molecule has 28 heavy (non-hydrogen) atoms. The molecule has 2 aromatic rings. The van der Waals surface area contributed by atoms with E-state index in [9.17, 15) is 9.18 Å². The lowest BCUT2D eigenvalue weighted by Gasteiger charge is -2.35. The molecule has 0 spiro atoms. The first kappa shape index (κ1) is 20.3. The number of halogens is 1. The molecule has 1 saturated heterocycles. The molecule has 0 bridgehead atoms. The van der Waals surface area contributed by atoms with Crippen LogP contribution in [0.25, 0.3) is 0 Å². The van der Waals surface area contributed by atoms with Crippen LogP contribution in [0.1, 0.15) is 23.6 Å². The summed E-state index contributed by atoms with van der Waals surface area (Å²) in [5, 5.41) is 3.05. The third kappa shape index (κ3) is 5.53. The van der Waals surface area contributed by atoms with Crippen molar-refractivity contribution in [2.75, 3.05) is 40.0 Å². The Kier molecular flexibility index (Phi) is 7.39. The standard InChI is InChI=1S/C22H27FN2O3/c1-27-21-9-7-17(15-19(21)23)8-10-22(26)24-16-20(18-5-3-2-4-6-18)25-11-13-28-14-12-25/h2-7,9,15,20H,8,10-14,16H2,1H3,(H,24,26). The highest BCUT2D eigenvalue weighted by Gasteiger charge is 2.23. The van der Waals surface area contributed by atoms with E-state index >= 15 is 0 Å². The summed E-state index contributed by atoms with van der Waals surface area (Å²) in [7, 11) is 1.43. The lowest BCUT2D eigenvalue weighted by atomic mass is 10.0. The van der Waals surface area contributed by atoms with Gasteiger partial charge < -0.3 is 14.8 Å². The molecule has 1 N–H and O–H groups in total. The molecule has 0 saturated carbocycles. The molecule has 6 heteroatoms. The van der Waals surface area contributed by atoms with E-state index in [-0.39, 0.29) is 17.7 Å². The molecule has 1 heterocycles. The smallest absolute Gasteiger partial charge is 0.220 e. The minimum Gasteiger partial charge on any atom is -0.494 e. The van der Waals surface area contributed by atoms with Gasteiger partial charge in [0.05, 0.1) is 26.4 Å². The van der Waals surface area contributed by atoms with E-state index in [1.807, 2.05) is 18.2 Å². The molecule has 0 aromatic heterocycles. The second kappa shape index (κ2) is 10.2. The van der Waals surface area contributed by atoms with Crippen LogP contribution in [0.3, 0.4) is 0 Å². The van der Waals surface area contributed by atoms with Gasteiger partial charge in [-0.25, -0.2) is 4.39 Å². The summed E-state index contributed by atoms with van der Waals surface area (Å²) in [5.41, 5.74) is 1.96. The Morgan fingerprint density at radius 2 is 1.96 bits per heavy atom. The predicted molar refractivity (Wildman–Crippen MR) is 106 cm³/mol. The molecule has 150 valence electrons. The van der Waals surface area contributed by atoms with Gasteiger partial charge in [-0.3, -0.25) is 9.69 Å². The van der Waals surface area contributed by atoms with Crippen molar-refractivity contribution in [2.24, 2.45) is 0 Å². The van der Waals surface area contributed by atoms with Crippen LogP contribution >= 0.6 is 0 Å². The van der Waals surface area contributed by atoms with Gasteiger partial charge >= 0.3 is 0 Å². The maximum absolute atomic E-state index is 13.8. The quantitative estimate of drug-likeness (QED) is 0.758. The molecule has 3 rings (SSSR count). The van der Waals surface area contributed by atoms with E-state index in [2.05, 4.69) is 22.3 Å². The first-order valence-electron chi connectivity index (χ1n) is 9.63. The molecular formula is C22H27FN2O3. The molecule has 1 fully saturated rings. The summed E-state index contributed by atoms with van der Waals surface area (Å²) < 4.78 is 24.2. The van der Waals surface area contributed by atoms with Gasteiger partial charge in [-0.1, -0.05) is 36.4 Å². The van der Waals surface area contributed by atoms with E-state index in [1.54, 1.807) is 12.1 Å². The number of nitrogens with one attached hydrogen (secondary N) is 1. The second-order valence-electron chi connectivity index (χ2n) is 6.85. The van der Waals surface area contributed by atoms with E-state index < -0.39 is 5.82 Å². The van der Waals surface area contributed by atoms with Gasteiger partial charge in [0.15, 0.2) is 11.6 Å². The maximum atomic E-state index is 13.8. The minimum atomic E-state index is -0.406. The number of rotatable bonds is 8. The number of morpholine rings is 1. The summed E-state index contributed by atoms with van der Waals surface area (Å²) >= 11 is 0. The van der Waals surface area contributed by atoms with Gasteiger partial charge in [-0.05, 0) is 29.7 Å². The Balaban J connectivity index is 1.55. The van der Waals surface area contributed by atoms with Crippen LogP contribution in [0.2, 0.25) is 0 Å². The monoisotopic (exact) mass is 386 g/mol. The number of hydrogen-bond acceptors (Lipinski definition) is 4. The average Bonchev–Trinajstić information content (AvgIpc) is 2.74. The lowest BCUT2D eigenvalue weighted by molar-refractivity contribution is -0.121. The van der Waals surface area contributed by atoms with Crippen LogP contribution in [0.15, 0.2) is 48.5 Å². The third-order valence-corrected chi connectivity index (χ3v) is 5.02. The number of benzene rings is 2. The molecule has 0 aliphatic carbocycles. The lowest BCUT2D eigenvalue weighted by Crippen LogP contribution is -2.43. The van der Waals surface area contributed by atoms with E-state index in [1.165, 1.54) is 18.7 Å². The number of ether oxygens (including phenoxy) is 2. The van der Waals surface area contributed by atoms with Crippen LogP contribution in [0.4, 0.5) is 4.39 Å². The summed E-state index contributed by atoms with van der Waals surface area (Å²) in [4.78, 5) is 14.7. The fourth-order valence-electron chi connectivity index (χ4n) is 3.44. The summed E-state index contributed by atoms with van der Waals surface area (Å²) in [5.74, 6) is -0.230. The van der Waals surface area contributed by atoms with Crippen LogP contribution < -0.4 is 10.1 Å². The molecule has 5 nitrogen and oxygen atoms in total. The average molecular weight is 386 g/mol. The SMILES string of the molecule is COc1ccc(CCC(=O)NCC(c2ccccc2)N2CCOCC2)cc1F. The zero-order chi connectivity index (χ0) is 19.8. The van der Waals surface area contributed by atoms with E-state index in [0.717, 1.165) is 18.7 Å². The van der Waals surface area contributed by atoms with E-state index in [4.69, 9.17) is 9.47 Å². The number of methoxy groups -OCH3 is 1. The molecule has 1 aliphatic rings. The second-order valence-corrected chi connectivity index (χ2v) is 6.85. The van der Waals surface area contributed by atoms with Gasteiger partial charge in [-0.15, -0.1) is 0 Å². The highest BCUT2D eigenvalue weighted by Crippen LogP contribution is 2.21. The van der Waals surface area contributed by atoms with Gasteiger partial charge in [0.2, 0.25) is 5.91 Å². The van der Waals surface area contributed by atoms with Crippen LogP contribution in [-0.4, -0.2) is 50.8 Å². The molecule has 2 aromatic carbocycles. The zero-order valence-electron chi connectivity index (χ0n) is 16.2. The fraction of sp³-hybridized carbons (Fsp3) is 0.409. The molecule has 1 atom stereocenters. The minimum absolute atomic E-state index is 0.0367. The van der Waals surface area contributed by atoms with Crippen LogP contribution in [0, 0.1) is 5.82 Å². The normalized spacial score (nSPS) is 15.8. The van der Waals surface area contributed by atoms with Crippen molar-refractivity contribution in [1.29, 1.82) is 0 Å². The molecule has 1 amide bonds. The highest BCUT2D eigenvalue weighted by molar-refractivity contribution is 5.76. The summed E-state index contributed by atoms with van der Waals surface area (Å²) in [6, 6.07) is 15.1. The van der Waals surface area contributed by atoms with Crippen LogP contribution in [-0.2, 0) is 16.0 Å². The molecule has 1 aliphatic heterocycles. The molecular weight excluding hydrogens is 359 g/mol. The zero-order valence-corrected chi connectivity index (χ0v) is 16.2. The number of hydrogen-bond donors (Lipinski definition) is 1. The predicted octanol–water partition coefficient (Wildman–Crippen LogP) is 2.96. The van der Waals surface area contributed by atoms with Gasteiger partial charge in [0, 0.05) is 26.1 Å². The molecule has 0 radical (unpaired) electrons. The van der Waals surface area contributed by atoms with Crippen molar-refractivity contribution in [3.05, 3.63) is 65.5 Å². The number of amides is 1. The van der Waals surface area contributed by atoms with Crippen molar-refractivity contribution < 1.29 is 18.7 Å². The molecule has 1 unspecified atom stereocenters. The van der Waals surface area contributed by atoms with Crippen molar-refractivity contribution in [3.63, 3.8) is 0 Å². The summed E-state index contributed by atoms with van der Waals surface area (Å²) in [6.45, 7) is 3.65. The maximum Gasteiger partial charge on any atom is 0.220 e. The van der Waals surface area contributed by atoms with Crippen molar-refractivity contribution >= 4 is 5.91 Å². The topological polar surface area (TPSA) is 50.8 Å². The largest absolute Gasteiger partial charge is 0.494 e. The van der Waals surface area contributed by atoms with Crippen molar-refractivity contribution in [1.82, 2.24) is 10.2 Å². The first-order valence-corrected chi connectivity index (χ1v) is 9.63. The van der Waals surface area contributed by atoms with Gasteiger partial charge in [0.1, 0.15) is 0 Å². The summed E-state index contributed by atoms with van der Waals surface area (Å²) in [6.07, 6.45) is 0.802. The Bertz CT molecular complexity index is 764. The highest BCUT2D eigenvalue weighted by atomic mass is 19.1. The Morgan fingerprint density at radius 3 is 2.64 bits per heavy atom.